The van der Waals surface area contributed by atoms with Crippen molar-refractivity contribution in [3.8, 4) is 0 Å². The lowest BCUT2D eigenvalue weighted by molar-refractivity contribution is -0.161. The summed E-state index contributed by atoms with van der Waals surface area (Å²) in [6.45, 7) is 4.98. The molecule has 0 bridgehead atoms. The second-order valence-electron chi connectivity index (χ2n) is 28.5. The Morgan fingerprint density at radius 2 is 0.408 bits per heavy atom. The van der Waals surface area contributed by atoms with Gasteiger partial charge in [-0.3, -0.25) is 37.3 Å². The van der Waals surface area contributed by atoms with Crippen molar-refractivity contribution in [3.63, 3.8) is 0 Å². The number of aliphatic hydroxyl groups excluding tert-OH is 1. The Morgan fingerprint density at radius 3 is 0.602 bits per heavy atom. The van der Waals surface area contributed by atoms with E-state index in [9.17, 15) is 43.2 Å². The Morgan fingerprint density at radius 1 is 0.245 bits per heavy atom. The molecule has 3 N–H and O–H groups in total. The molecule has 0 amide bonds. The van der Waals surface area contributed by atoms with Crippen LogP contribution < -0.4 is 0 Å². The van der Waals surface area contributed by atoms with Crippen LogP contribution in [-0.2, 0) is 65.4 Å². The van der Waals surface area contributed by atoms with Gasteiger partial charge in [-0.2, -0.15) is 0 Å². The number of hydrogen-bond acceptors (Lipinski definition) is 15. The number of hydrogen-bond donors (Lipinski definition) is 3. The maximum absolute atomic E-state index is 13.1. The third kappa shape index (κ3) is 72.4. The van der Waals surface area contributed by atoms with Crippen LogP contribution in [0.25, 0.3) is 0 Å². The highest BCUT2D eigenvalue weighted by Gasteiger charge is 2.30. The largest absolute Gasteiger partial charge is 0.472 e. The van der Waals surface area contributed by atoms with Crippen molar-refractivity contribution in [2.45, 2.75) is 444 Å². The predicted octanol–water partition coefficient (Wildman–Crippen LogP) is 23.8. The minimum Gasteiger partial charge on any atom is -0.462 e. The fourth-order valence-corrected chi connectivity index (χ4v) is 13.9. The lowest BCUT2D eigenvalue weighted by Crippen LogP contribution is -2.30. The van der Waals surface area contributed by atoms with E-state index in [1.165, 1.54) is 257 Å². The molecule has 2 unspecified atom stereocenters. The minimum absolute atomic E-state index is 0.108. The summed E-state index contributed by atoms with van der Waals surface area (Å²) < 4.78 is 68.6. The van der Waals surface area contributed by atoms with Crippen LogP contribution in [0.4, 0.5) is 0 Å². The molecule has 0 aromatic heterocycles. The van der Waals surface area contributed by atoms with E-state index >= 15 is 0 Å². The van der Waals surface area contributed by atoms with Crippen LogP contribution in [0.1, 0.15) is 426 Å². The Balaban J connectivity index is 5.16. The monoisotopic (exact) mass is 1440 g/mol. The third-order valence-corrected chi connectivity index (χ3v) is 20.5. The van der Waals surface area contributed by atoms with Gasteiger partial charge in [0.05, 0.1) is 26.4 Å². The van der Waals surface area contributed by atoms with Gasteiger partial charge in [-0.15, -0.1) is 0 Å². The van der Waals surface area contributed by atoms with E-state index in [1.54, 1.807) is 0 Å². The van der Waals surface area contributed by atoms with Gasteiger partial charge in [0.2, 0.25) is 0 Å². The Labute approximate surface area is 600 Å². The summed E-state index contributed by atoms with van der Waals surface area (Å²) in [5, 5.41) is 10.6. The first kappa shape index (κ1) is 96.1. The molecule has 98 heavy (non-hydrogen) atoms. The number of aliphatic hydroxyl groups is 1. The van der Waals surface area contributed by atoms with Crippen LogP contribution in [0.15, 0.2) is 0 Å². The summed E-state index contributed by atoms with van der Waals surface area (Å²) in [6.07, 6.45) is 65.3. The highest BCUT2D eigenvalue weighted by Crippen LogP contribution is 2.45. The van der Waals surface area contributed by atoms with Gasteiger partial charge >= 0.3 is 39.5 Å². The van der Waals surface area contributed by atoms with Crippen molar-refractivity contribution in [3.05, 3.63) is 0 Å². The number of rotatable bonds is 80. The molecule has 0 fully saturated rings. The maximum Gasteiger partial charge on any atom is 0.472 e. The standard InChI is InChI=1S/C79H154O17P2/c1-5-9-13-17-21-25-28-31-34-35-36-37-38-39-40-41-44-47-50-54-58-62-66-79(84)96-75(70-90-77(82)64-60-56-52-48-45-42-32-29-26-22-18-14-10-6-2)72-94-98(87,88)92-68-73(80)67-91-97(85,86)93-71-74(69-89-76(81)63-59-55-51-24-20-16-12-8-4)95-78(83)65-61-57-53-49-46-43-33-30-27-23-19-15-11-7-3/h73-75,80H,5-72H2,1-4H3,(H,85,86)(H,87,88)/t73-,74+,75+/m0/s1. The zero-order chi connectivity index (χ0) is 71.8. The normalized spacial score (nSPS) is 13.8. The van der Waals surface area contributed by atoms with E-state index in [0.717, 1.165) is 89.9 Å². The summed E-state index contributed by atoms with van der Waals surface area (Å²) in [4.78, 5) is 72.8. The topological polar surface area (TPSA) is 237 Å². The summed E-state index contributed by atoms with van der Waals surface area (Å²) in [5.41, 5.74) is 0. The van der Waals surface area contributed by atoms with Gasteiger partial charge in [0.1, 0.15) is 19.3 Å². The molecule has 17 nitrogen and oxygen atoms in total. The van der Waals surface area contributed by atoms with Crippen molar-refractivity contribution in [2.75, 3.05) is 39.6 Å². The molecule has 0 rings (SSSR count). The molecule has 0 aliphatic carbocycles. The van der Waals surface area contributed by atoms with Crippen molar-refractivity contribution >= 4 is 39.5 Å². The van der Waals surface area contributed by atoms with Crippen molar-refractivity contribution in [1.82, 2.24) is 0 Å². The molecule has 0 aromatic rings. The molecule has 0 saturated carbocycles. The summed E-state index contributed by atoms with van der Waals surface area (Å²) in [5.74, 6) is -2.11. The molecule has 5 atom stereocenters. The van der Waals surface area contributed by atoms with E-state index < -0.39 is 97.5 Å². The lowest BCUT2D eigenvalue weighted by Gasteiger charge is -2.21. The average molecular weight is 1440 g/mol. The van der Waals surface area contributed by atoms with Gasteiger partial charge in [0, 0.05) is 25.7 Å². The Bertz CT molecular complexity index is 1860. The summed E-state index contributed by atoms with van der Waals surface area (Å²) >= 11 is 0. The highest BCUT2D eigenvalue weighted by atomic mass is 31.2. The molecular formula is C79H154O17P2. The number of ether oxygens (including phenoxy) is 4. The van der Waals surface area contributed by atoms with Crippen molar-refractivity contribution in [2.24, 2.45) is 0 Å². The Kier molecular flexibility index (Phi) is 71.9. The number of phosphoric acid groups is 2. The molecule has 0 aliphatic rings. The highest BCUT2D eigenvalue weighted by molar-refractivity contribution is 7.47. The van der Waals surface area contributed by atoms with Gasteiger partial charge < -0.3 is 33.8 Å². The number of esters is 4. The van der Waals surface area contributed by atoms with Crippen LogP contribution in [0, 0.1) is 0 Å². The van der Waals surface area contributed by atoms with Gasteiger partial charge in [-0.25, -0.2) is 9.13 Å². The second kappa shape index (κ2) is 73.4. The quantitative estimate of drug-likeness (QED) is 0.0222. The summed E-state index contributed by atoms with van der Waals surface area (Å²) in [7, 11) is -9.91. The molecule has 19 heteroatoms. The fraction of sp³-hybridized carbons (Fsp3) is 0.949. The van der Waals surface area contributed by atoms with E-state index in [4.69, 9.17) is 37.0 Å². The number of carbonyl (C=O) groups is 4. The number of carbonyl (C=O) groups excluding carboxylic acids is 4. The first-order chi connectivity index (χ1) is 47.7. The molecule has 0 saturated heterocycles. The van der Waals surface area contributed by atoms with E-state index in [0.29, 0.717) is 25.7 Å². The lowest BCUT2D eigenvalue weighted by atomic mass is 10.0. The van der Waals surface area contributed by atoms with Gasteiger partial charge in [0.15, 0.2) is 12.2 Å². The van der Waals surface area contributed by atoms with Crippen LogP contribution >= 0.6 is 15.6 Å². The zero-order valence-electron chi connectivity index (χ0n) is 63.8. The van der Waals surface area contributed by atoms with Crippen LogP contribution in [0.5, 0.6) is 0 Å². The third-order valence-electron chi connectivity index (χ3n) is 18.6. The molecule has 0 aromatic carbocycles. The first-order valence-corrected chi connectivity index (χ1v) is 44.3. The van der Waals surface area contributed by atoms with E-state index in [-0.39, 0.29) is 25.7 Å². The number of phosphoric ester groups is 2. The fourth-order valence-electron chi connectivity index (χ4n) is 12.3. The molecule has 0 radical (unpaired) electrons. The van der Waals surface area contributed by atoms with Crippen molar-refractivity contribution < 1.29 is 80.2 Å². The zero-order valence-corrected chi connectivity index (χ0v) is 65.6. The maximum atomic E-state index is 13.1. The Hall–Kier alpha value is -1.94. The molecule has 0 aliphatic heterocycles. The van der Waals surface area contributed by atoms with Crippen LogP contribution in [0.3, 0.4) is 0 Å². The van der Waals surface area contributed by atoms with E-state index in [2.05, 4.69) is 27.7 Å². The van der Waals surface area contributed by atoms with Gasteiger partial charge in [-0.1, -0.05) is 374 Å². The van der Waals surface area contributed by atoms with E-state index in [1.807, 2.05) is 0 Å². The second-order valence-corrected chi connectivity index (χ2v) is 31.4. The van der Waals surface area contributed by atoms with Crippen molar-refractivity contribution in [1.29, 1.82) is 0 Å². The molecule has 582 valence electrons. The molecular weight excluding hydrogens is 1280 g/mol. The summed E-state index contributed by atoms with van der Waals surface area (Å²) in [6, 6.07) is 0. The van der Waals surface area contributed by atoms with Gasteiger partial charge in [0.25, 0.3) is 0 Å². The minimum atomic E-state index is -4.96. The van der Waals surface area contributed by atoms with Crippen LogP contribution in [-0.4, -0.2) is 96.7 Å². The predicted molar refractivity (Wildman–Crippen MR) is 400 cm³/mol. The van der Waals surface area contributed by atoms with Crippen LogP contribution in [0.2, 0.25) is 0 Å². The smallest absolute Gasteiger partial charge is 0.462 e. The first-order valence-electron chi connectivity index (χ1n) is 41.3. The SMILES string of the molecule is CCCCCCCCCCCCCCCCCCCCCCCCC(=O)O[C@H](COC(=O)CCCCCCCCCCCCCCCC)COP(=O)(O)OC[C@@H](O)COP(=O)(O)OC[C@@H](COC(=O)CCCCCCCCCC)OC(=O)CCCCCCCCCCCCCCCC. The number of unbranched alkanes of at least 4 members (excludes halogenated alkanes) is 54. The van der Waals surface area contributed by atoms with Gasteiger partial charge in [-0.05, 0) is 25.7 Å². The average Bonchev–Trinajstić information content (AvgIpc) is 1.01. The molecule has 0 heterocycles. The molecule has 0 spiro atoms.